The number of ketones is 1. The second kappa shape index (κ2) is 7.08. The highest BCUT2D eigenvalue weighted by Gasteiger charge is 2.28. The van der Waals surface area contributed by atoms with Crippen LogP contribution in [0.25, 0.3) is 0 Å². The zero-order chi connectivity index (χ0) is 18.4. The summed E-state index contributed by atoms with van der Waals surface area (Å²) < 4.78 is 25.5. The Morgan fingerprint density at radius 2 is 2.04 bits per heavy atom. The van der Waals surface area contributed by atoms with Crippen molar-refractivity contribution in [2.24, 2.45) is 12.2 Å². The highest BCUT2D eigenvalue weighted by Crippen LogP contribution is 2.31. The van der Waals surface area contributed by atoms with Crippen molar-refractivity contribution >= 4 is 34.2 Å². The number of carbonyl (C=O) groups is 1. The molecule has 1 aromatic heterocycles. The van der Waals surface area contributed by atoms with E-state index in [0.717, 1.165) is 6.26 Å². The van der Waals surface area contributed by atoms with E-state index in [9.17, 15) is 18.0 Å². The molecule has 2 aromatic rings. The predicted molar refractivity (Wildman–Crippen MR) is 98.2 cm³/mol. The fourth-order valence-electron chi connectivity index (χ4n) is 2.94. The molecule has 0 amide bonds. The van der Waals surface area contributed by atoms with E-state index in [4.69, 9.17) is 4.84 Å². The lowest BCUT2D eigenvalue weighted by molar-refractivity contribution is 0.103. The predicted octanol–water partition coefficient (Wildman–Crippen LogP) is 1.18. The van der Waals surface area contributed by atoms with E-state index in [-0.39, 0.29) is 41.0 Å². The number of H-pyrrole nitrogens is 1. The Labute approximate surface area is 156 Å². The van der Waals surface area contributed by atoms with Crippen molar-refractivity contribution in [1.29, 1.82) is 0 Å². The normalized spacial score (nSPS) is 16.2. The lowest BCUT2D eigenvalue weighted by Crippen LogP contribution is -2.21. The number of oxime groups is 1. The Morgan fingerprint density at radius 1 is 1.35 bits per heavy atom. The van der Waals surface area contributed by atoms with Crippen LogP contribution in [0.2, 0.25) is 0 Å². The van der Waals surface area contributed by atoms with Crippen LogP contribution in [-0.2, 0) is 21.7 Å². The largest absolute Gasteiger partial charge is 0.395 e. The van der Waals surface area contributed by atoms with Gasteiger partial charge in [-0.25, -0.2) is 8.42 Å². The Balaban J connectivity index is 0.00000243. The molecule has 1 aliphatic heterocycles. The second-order valence-corrected chi connectivity index (χ2v) is 7.94. The molecule has 0 saturated carbocycles. The number of benzene rings is 1. The molecule has 0 spiro atoms. The average Bonchev–Trinajstić information content (AvgIpc) is 3.17. The molecule has 0 fully saturated rings. The van der Waals surface area contributed by atoms with Crippen LogP contribution >= 0.6 is 12.4 Å². The number of nitrogens with one attached hydrogen (secondary N) is 1. The van der Waals surface area contributed by atoms with Crippen molar-refractivity contribution in [2.75, 3.05) is 12.9 Å². The summed E-state index contributed by atoms with van der Waals surface area (Å²) in [5.41, 5.74) is 0.809. The minimum atomic E-state index is -3.51. The first-order valence-electron chi connectivity index (χ1n) is 7.50. The van der Waals surface area contributed by atoms with Crippen molar-refractivity contribution in [3.63, 3.8) is 0 Å². The van der Waals surface area contributed by atoms with Crippen molar-refractivity contribution in [1.82, 2.24) is 9.78 Å². The van der Waals surface area contributed by atoms with Crippen molar-refractivity contribution in [3.05, 3.63) is 50.9 Å². The van der Waals surface area contributed by atoms with Crippen LogP contribution in [0.4, 0.5) is 0 Å². The number of aryl methyl sites for hydroxylation is 1. The summed E-state index contributed by atoms with van der Waals surface area (Å²) in [6.45, 7) is 1.87. The number of hydrogen-bond acceptors (Lipinski definition) is 6. The molecule has 1 aliphatic rings. The second-order valence-electron chi connectivity index (χ2n) is 5.96. The topological polar surface area (TPSA) is 111 Å². The molecule has 3 rings (SSSR count). The highest BCUT2D eigenvalue weighted by atomic mass is 35.5. The number of aromatic amines is 1. The van der Waals surface area contributed by atoms with Gasteiger partial charge in [0, 0.05) is 25.1 Å². The van der Waals surface area contributed by atoms with Crippen molar-refractivity contribution in [3.8, 4) is 0 Å². The zero-order valence-electron chi connectivity index (χ0n) is 14.3. The molecular weight excluding hydrogens is 382 g/mol. The SMILES string of the molecule is Cc1c(C(=O)c2c[nH]n(C)c2=O)ccc(S(C)(=O)=O)c1C1C=NOC1.Cl. The molecule has 1 unspecified atom stereocenters. The van der Waals surface area contributed by atoms with E-state index < -0.39 is 21.2 Å². The van der Waals surface area contributed by atoms with Crippen molar-refractivity contribution < 1.29 is 18.0 Å². The van der Waals surface area contributed by atoms with Gasteiger partial charge in [0.1, 0.15) is 12.2 Å². The lowest BCUT2D eigenvalue weighted by Gasteiger charge is -2.17. The Kier molecular flexibility index (Phi) is 5.43. The maximum absolute atomic E-state index is 12.8. The zero-order valence-corrected chi connectivity index (χ0v) is 16.0. The monoisotopic (exact) mass is 399 g/mol. The minimum Gasteiger partial charge on any atom is -0.395 e. The van der Waals surface area contributed by atoms with E-state index in [2.05, 4.69) is 10.3 Å². The maximum Gasteiger partial charge on any atom is 0.277 e. The summed E-state index contributed by atoms with van der Waals surface area (Å²) in [4.78, 5) is 29.9. The maximum atomic E-state index is 12.8. The van der Waals surface area contributed by atoms with Crippen LogP contribution in [0, 0.1) is 6.92 Å². The minimum absolute atomic E-state index is 0. The van der Waals surface area contributed by atoms with Crippen LogP contribution in [0.1, 0.15) is 33.0 Å². The molecule has 10 heteroatoms. The lowest BCUT2D eigenvalue weighted by atomic mass is 9.90. The highest BCUT2D eigenvalue weighted by molar-refractivity contribution is 7.90. The molecule has 1 N–H and O–H groups in total. The molecule has 0 aliphatic carbocycles. The molecule has 0 radical (unpaired) electrons. The summed E-state index contributed by atoms with van der Waals surface area (Å²) >= 11 is 0. The van der Waals surface area contributed by atoms with Crippen LogP contribution in [0.3, 0.4) is 0 Å². The van der Waals surface area contributed by atoms with Gasteiger partial charge < -0.3 is 9.94 Å². The Hall–Kier alpha value is -2.39. The van der Waals surface area contributed by atoms with Gasteiger partial charge in [-0.15, -0.1) is 12.4 Å². The number of carbonyl (C=O) groups excluding carboxylic acids is 1. The Morgan fingerprint density at radius 3 is 2.54 bits per heavy atom. The van der Waals surface area contributed by atoms with Gasteiger partial charge in [0.2, 0.25) is 0 Å². The van der Waals surface area contributed by atoms with Gasteiger partial charge >= 0.3 is 0 Å². The van der Waals surface area contributed by atoms with Crippen LogP contribution in [-0.4, -0.2) is 43.1 Å². The summed E-state index contributed by atoms with van der Waals surface area (Å²) in [5, 5.41) is 6.35. The van der Waals surface area contributed by atoms with Crippen molar-refractivity contribution in [2.45, 2.75) is 17.7 Å². The molecule has 0 saturated heterocycles. The Bertz CT molecular complexity index is 1050. The summed E-state index contributed by atoms with van der Waals surface area (Å²) in [6.07, 6.45) is 3.97. The van der Waals surface area contributed by atoms with E-state index in [1.807, 2.05) is 0 Å². The van der Waals surface area contributed by atoms with E-state index in [1.54, 1.807) is 6.92 Å². The van der Waals surface area contributed by atoms with Gasteiger partial charge in [0.25, 0.3) is 5.56 Å². The molecule has 1 atom stereocenters. The number of rotatable bonds is 4. The molecular formula is C16H18ClN3O5S. The van der Waals surface area contributed by atoms with E-state index in [0.29, 0.717) is 11.1 Å². The molecule has 140 valence electrons. The summed E-state index contributed by atoms with van der Waals surface area (Å²) in [5.74, 6) is -0.831. The third kappa shape index (κ3) is 3.32. The number of sulfone groups is 1. The third-order valence-electron chi connectivity index (χ3n) is 4.24. The number of halogens is 1. The fourth-order valence-corrected chi connectivity index (χ4v) is 3.96. The van der Waals surface area contributed by atoms with Gasteiger partial charge in [-0.2, -0.15) is 0 Å². The van der Waals surface area contributed by atoms with E-state index in [1.165, 1.54) is 36.3 Å². The standard InChI is InChI=1S/C16H17N3O5S.ClH/c1-9-11(15(20)12-7-17-19(2)16(12)21)4-5-13(25(3,22)23)14(9)10-6-18-24-8-10;/h4-7,10,17H,8H2,1-3H3;1H. The number of hydrogen-bond donors (Lipinski definition) is 1. The van der Waals surface area contributed by atoms with Crippen LogP contribution in [0.15, 0.2) is 33.2 Å². The number of nitrogens with zero attached hydrogens (tertiary/aromatic N) is 2. The van der Waals surface area contributed by atoms with Gasteiger partial charge in [-0.1, -0.05) is 5.16 Å². The molecule has 1 aromatic carbocycles. The number of aromatic nitrogens is 2. The molecule has 2 heterocycles. The quantitative estimate of drug-likeness (QED) is 0.776. The van der Waals surface area contributed by atoms with E-state index >= 15 is 0 Å². The summed E-state index contributed by atoms with van der Waals surface area (Å²) in [7, 11) is -1.99. The first-order chi connectivity index (χ1) is 11.7. The third-order valence-corrected chi connectivity index (χ3v) is 5.40. The van der Waals surface area contributed by atoms with Gasteiger partial charge in [-0.3, -0.25) is 14.3 Å². The smallest absolute Gasteiger partial charge is 0.277 e. The molecule has 8 nitrogen and oxygen atoms in total. The van der Waals surface area contributed by atoms with Crippen LogP contribution < -0.4 is 5.56 Å². The van der Waals surface area contributed by atoms with Gasteiger partial charge in [-0.05, 0) is 30.2 Å². The average molecular weight is 400 g/mol. The van der Waals surface area contributed by atoms with Gasteiger partial charge in [0.15, 0.2) is 15.6 Å². The molecule has 0 bridgehead atoms. The van der Waals surface area contributed by atoms with Gasteiger partial charge in [0.05, 0.1) is 17.0 Å². The first kappa shape index (κ1) is 19.9. The first-order valence-corrected chi connectivity index (χ1v) is 9.39. The summed E-state index contributed by atoms with van der Waals surface area (Å²) in [6, 6.07) is 2.84. The van der Waals surface area contributed by atoms with Crippen LogP contribution in [0.5, 0.6) is 0 Å². The molecule has 26 heavy (non-hydrogen) atoms. The fraction of sp³-hybridized carbons (Fsp3) is 0.312.